The maximum absolute atomic E-state index is 3.64. The fraction of sp³-hybridized carbons (Fsp3) is 1.00. The zero-order chi connectivity index (χ0) is 11.5. The number of nitrogens with zero attached hydrogens (tertiary/aromatic N) is 1. The first-order valence-corrected chi connectivity index (χ1v) is 7.18. The quantitative estimate of drug-likeness (QED) is 0.789. The van der Waals surface area contributed by atoms with Crippen LogP contribution in [0.5, 0.6) is 0 Å². The minimum Gasteiger partial charge on any atom is -0.311 e. The molecule has 94 valence electrons. The normalized spacial score (nSPS) is 34.7. The van der Waals surface area contributed by atoms with Gasteiger partial charge < -0.3 is 5.32 Å². The Labute approximate surface area is 101 Å². The Morgan fingerprint density at radius 3 is 2.69 bits per heavy atom. The molecule has 3 atom stereocenters. The molecule has 0 radical (unpaired) electrons. The lowest BCUT2D eigenvalue weighted by atomic mass is 9.83. The number of hydrogen-bond donors (Lipinski definition) is 1. The summed E-state index contributed by atoms with van der Waals surface area (Å²) in [4.78, 5) is 2.78. The van der Waals surface area contributed by atoms with Gasteiger partial charge in [-0.3, -0.25) is 4.90 Å². The molecule has 1 aliphatic heterocycles. The van der Waals surface area contributed by atoms with E-state index in [2.05, 4.69) is 31.0 Å². The van der Waals surface area contributed by atoms with Crippen molar-refractivity contribution in [1.29, 1.82) is 0 Å². The lowest BCUT2D eigenvalue weighted by Gasteiger charge is -2.45. The summed E-state index contributed by atoms with van der Waals surface area (Å²) in [6.45, 7) is 10.9. The third-order valence-electron chi connectivity index (χ3n) is 4.67. The lowest BCUT2D eigenvalue weighted by molar-refractivity contribution is 0.0633. The van der Waals surface area contributed by atoms with Gasteiger partial charge >= 0.3 is 0 Å². The van der Waals surface area contributed by atoms with E-state index in [1.807, 2.05) is 0 Å². The van der Waals surface area contributed by atoms with Crippen molar-refractivity contribution in [3.63, 3.8) is 0 Å². The Hall–Kier alpha value is -0.0800. The van der Waals surface area contributed by atoms with Crippen LogP contribution in [0.15, 0.2) is 0 Å². The van der Waals surface area contributed by atoms with Gasteiger partial charge in [0.15, 0.2) is 0 Å². The van der Waals surface area contributed by atoms with Crippen molar-refractivity contribution < 1.29 is 0 Å². The molecule has 2 rings (SSSR count). The van der Waals surface area contributed by atoms with Crippen LogP contribution in [0.2, 0.25) is 0 Å². The second-order valence-electron chi connectivity index (χ2n) is 6.01. The molecule has 2 fully saturated rings. The summed E-state index contributed by atoms with van der Waals surface area (Å²) in [5.41, 5.74) is 0. The van der Waals surface area contributed by atoms with Crippen molar-refractivity contribution in [2.24, 2.45) is 11.8 Å². The van der Waals surface area contributed by atoms with E-state index in [4.69, 9.17) is 0 Å². The van der Waals surface area contributed by atoms with Gasteiger partial charge in [-0.15, -0.1) is 0 Å². The van der Waals surface area contributed by atoms with E-state index in [0.29, 0.717) is 6.04 Å². The predicted molar refractivity (Wildman–Crippen MR) is 69.6 cm³/mol. The van der Waals surface area contributed by atoms with Gasteiger partial charge in [0.25, 0.3) is 0 Å². The Morgan fingerprint density at radius 2 is 2.12 bits per heavy atom. The van der Waals surface area contributed by atoms with Crippen molar-refractivity contribution in [3.05, 3.63) is 0 Å². The molecule has 2 heteroatoms. The highest BCUT2D eigenvalue weighted by Crippen LogP contribution is 2.29. The molecular formula is C14H28N2. The van der Waals surface area contributed by atoms with Crippen LogP contribution in [0, 0.1) is 11.8 Å². The summed E-state index contributed by atoms with van der Waals surface area (Å²) in [7, 11) is 0. The van der Waals surface area contributed by atoms with Gasteiger partial charge in [-0.25, -0.2) is 0 Å². The van der Waals surface area contributed by atoms with Crippen LogP contribution >= 0.6 is 0 Å². The summed E-state index contributed by atoms with van der Waals surface area (Å²) in [5, 5.41) is 3.64. The van der Waals surface area contributed by atoms with E-state index in [9.17, 15) is 0 Å². The Kier molecular flexibility index (Phi) is 4.26. The molecule has 0 aromatic heterocycles. The van der Waals surface area contributed by atoms with Crippen LogP contribution in [0.3, 0.4) is 0 Å². The molecule has 0 spiro atoms. The van der Waals surface area contributed by atoms with Crippen LogP contribution in [-0.2, 0) is 0 Å². The number of hydrogen-bond acceptors (Lipinski definition) is 2. The molecule has 1 heterocycles. The molecule has 1 N–H and O–H groups in total. The van der Waals surface area contributed by atoms with Crippen LogP contribution < -0.4 is 5.32 Å². The van der Waals surface area contributed by atoms with Crippen molar-refractivity contribution in [3.8, 4) is 0 Å². The Bertz CT molecular complexity index is 213. The SMILES string of the molecule is CCC(C)C1CNC(C)CN1CC1CCC1. The molecule has 0 aromatic rings. The highest BCUT2D eigenvalue weighted by Gasteiger charge is 2.31. The van der Waals surface area contributed by atoms with Gasteiger partial charge in [0.05, 0.1) is 0 Å². The van der Waals surface area contributed by atoms with E-state index < -0.39 is 0 Å². The van der Waals surface area contributed by atoms with E-state index in [0.717, 1.165) is 17.9 Å². The first-order valence-electron chi connectivity index (χ1n) is 7.18. The van der Waals surface area contributed by atoms with Gasteiger partial charge in [-0.1, -0.05) is 26.7 Å². The van der Waals surface area contributed by atoms with Crippen molar-refractivity contribution in [1.82, 2.24) is 10.2 Å². The summed E-state index contributed by atoms with van der Waals surface area (Å²) in [6, 6.07) is 1.46. The highest BCUT2D eigenvalue weighted by molar-refractivity contribution is 4.88. The molecule has 3 unspecified atom stereocenters. The van der Waals surface area contributed by atoms with Crippen molar-refractivity contribution in [2.45, 2.75) is 58.5 Å². The Balaban J connectivity index is 1.91. The fourth-order valence-electron chi connectivity index (χ4n) is 3.05. The highest BCUT2D eigenvalue weighted by atomic mass is 15.2. The molecular weight excluding hydrogens is 196 g/mol. The van der Waals surface area contributed by atoms with E-state index >= 15 is 0 Å². The Morgan fingerprint density at radius 1 is 1.38 bits per heavy atom. The molecule has 0 amide bonds. The summed E-state index contributed by atoms with van der Waals surface area (Å²) < 4.78 is 0. The van der Waals surface area contributed by atoms with Crippen LogP contribution in [0.25, 0.3) is 0 Å². The minimum absolute atomic E-state index is 0.681. The van der Waals surface area contributed by atoms with E-state index in [1.165, 1.54) is 45.3 Å². The maximum Gasteiger partial charge on any atom is 0.0246 e. The standard InChI is InChI=1S/C14H28N2/c1-4-11(2)14-8-15-12(3)9-16(14)10-13-6-5-7-13/h11-15H,4-10H2,1-3H3. The second-order valence-corrected chi connectivity index (χ2v) is 6.01. The van der Waals surface area contributed by atoms with Gasteiger partial charge in [-0.2, -0.15) is 0 Å². The summed E-state index contributed by atoms with van der Waals surface area (Å²) in [5.74, 6) is 1.84. The first-order chi connectivity index (χ1) is 7.70. The summed E-state index contributed by atoms with van der Waals surface area (Å²) >= 11 is 0. The fourth-order valence-corrected chi connectivity index (χ4v) is 3.05. The third kappa shape index (κ3) is 2.78. The van der Waals surface area contributed by atoms with Gasteiger partial charge in [-0.05, 0) is 31.6 Å². The zero-order valence-corrected chi connectivity index (χ0v) is 11.2. The second kappa shape index (κ2) is 5.50. The number of piperazine rings is 1. The molecule has 16 heavy (non-hydrogen) atoms. The average Bonchev–Trinajstić information content (AvgIpc) is 2.22. The smallest absolute Gasteiger partial charge is 0.0246 e. The molecule has 1 saturated heterocycles. The monoisotopic (exact) mass is 224 g/mol. The maximum atomic E-state index is 3.64. The molecule has 2 aliphatic rings. The average molecular weight is 224 g/mol. The van der Waals surface area contributed by atoms with E-state index in [-0.39, 0.29) is 0 Å². The van der Waals surface area contributed by atoms with Crippen LogP contribution in [0.1, 0.15) is 46.5 Å². The number of rotatable bonds is 4. The molecule has 1 saturated carbocycles. The van der Waals surface area contributed by atoms with Crippen molar-refractivity contribution >= 4 is 0 Å². The predicted octanol–water partition coefficient (Wildman–Crippen LogP) is 2.49. The minimum atomic E-state index is 0.681. The number of nitrogens with one attached hydrogen (secondary N) is 1. The zero-order valence-electron chi connectivity index (χ0n) is 11.2. The van der Waals surface area contributed by atoms with Crippen molar-refractivity contribution in [2.75, 3.05) is 19.6 Å². The third-order valence-corrected chi connectivity index (χ3v) is 4.67. The largest absolute Gasteiger partial charge is 0.311 e. The first kappa shape index (κ1) is 12.4. The lowest BCUT2D eigenvalue weighted by Crippen LogP contribution is -2.58. The molecule has 1 aliphatic carbocycles. The molecule has 0 aromatic carbocycles. The summed E-state index contributed by atoms with van der Waals surface area (Å²) in [6.07, 6.45) is 5.74. The molecule has 0 bridgehead atoms. The molecule has 2 nitrogen and oxygen atoms in total. The topological polar surface area (TPSA) is 15.3 Å². The van der Waals surface area contributed by atoms with Gasteiger partial charge in [0.1, 0.15) is 0 Å². The van der Waals surface area contributed by atoms with Crippen LogP contribution in [0.4, 0.5) is 0 Å². The van der Waals surface area contributed by atoms with Gasteiger partial charge in [0, 0.05) is 31.7 Å². The van der Waals surface area contributed by atoms with Gasteiger partial charge in [0.2, 0.25) is 0 Å². The van der Waals surface area contributed by atoms with Crippen LogP contribution in [-0.4, -0.2) is 36.6 Å². The van der Waals surface area contributed by atoms with E-state index in [1.54, 1.807) is 0 Å².